The Hall–Kier alpha value is -1.35. The minimum Gasteiger partial charge on any atom is -0.469 e. The standard InChI is InChI=1S/C20H33N3O3.HI/c1-17(18-11-6-4-7-12-18)26-16-10-15-23-20(21-2)22-14-9-5-8-13-19(24)25-3;/h4,6-7,11-12,17H,5,8-10,13-16H2,1-3H3,(H2,21,22,23);1H. The maximum atomic E-state index is 11.0. The third-order valence-corrected chi connectivity index (χ3v) is 4.05. The van der Waals surface area contributed by atoms with Crippen LogP contribution in [-0.4, -0.2) is 45.8 Å². The second kappa shape index (κ2) is 16.8. The number of esters is 1. The Morgan fingerprint density at radius 2 is 1.74 bits per heavy atom. The first-order chi connectivity index (χ1) is 12.7. The summed E-state index contributed by atoms with van der Waals surface area (Å²) in [5, 5.41) is 6.56. The lowest BCUT2D eigenvalue weighted by atomic mass is 10.1. The number of benzene rings is 1. The minimum absolute atomic E-state index is 0. The molecule has 1 atom stereocenters. The van der Waals surface area contributed by atoms with Gasteiger partial charge in [-0.15, -0.1) is 24.0 Å². The van der Waals surface area contributed by atoms with Gasteiger partial charge in [0.25, 0.3) is 0 Å². The molecule has 1 aromatic rings. The third kappa shape index (κ3) is 12.6. The molecule has 6 nitrogen and oxygen atoms in total. The zero-order valence-electron chi connectivity index (χ0n) is 16.7. The molecule has 0 saturated heterocycles. The SMILES string of the molecule is CN=C(NCCCCCC(=O)OC)NCCCOC(C)c1ccccc1.I. The highest BCUT2D eigenvalue weighted by Crippen LogP contribution is 2.15. The molecule has 0 saturated carbocycles. The first-order valence-corrected chi connectivity index (χ1v) is 9.35. The van der Waals surface area contributed by atoms with E-state index in [2.05, 4.69) is 39.4 Å². The van der Waals surface area contributed by atoms with Crippen LogP contribution < -0.4 is 10.6 Å². The normalized spacial score (nSPS) is 12.0. The van der Waals surface area contributed by atoms with Crippen molar-refractivity contribution in [3.63, 3.8) is 0 Å². The van der Waals surface area contributed by atoms with Crippen LogP contribution in [0, 0.1) is 0 Å². The van der Waals surface area contributed by atoms with Gasteiger partial charge in [-0.25, -0.2) is 0 Å². The van der Waals surface area contributed by atoms with Crippen LogP contribution in [0.4, 0.5) is 0 Å². The molecule has 0 amide bonds. The Morgan fingerprint density at radius 1 is 1.07 bits per heavy atom. The van der Waals surface area contributed by atoms with Crippen LogP contribution in [-0.2, 0) is 14.3 Å². The summed E-state index contributed by atoms with van der Waals surface area (Å²) in [6, 6.07) is 10.2. The number of aliphatic imine (C=N–C) groups is 1. The maximum Gasteiger partial charge on any atom is 0.305 e. The summed E-state index contributed by atoms with van der Waals surface area (Å²) in [5.74, 6) is 0.660. The van der Waals surface area contributed by atoms with Gasteiger partial charge in [0, 0.05) is 33.2 Å². The number of guanidine groups is 1. The number of carbonyl (C=O) groups excluding carboxylic acids is 1. The molecule has 7 heteroatoms. The van der Waals surface area contributed by atoms with Gasteiger partial charge in [-0.2, -0.15) is 0 Å². The van der Waals surface area contributed by atoms with Crippen molar-refractivity contribution in [3.05, 3.63) is 35.9 Å². The highest BCUT2D eigenvalue weighted by atomic mass is 127. The first-order valence-electron chi connectivity index (χ1n) is 9.35. The topological polar surface area (TPSA) is 72.0 Å². The number of carbonyl (C=O) groups is 1. The van der Waals surface area contributed by atoms with Gasteiger partial charge in [0.05, 0.1) is 13.2 Å². The molecule has 0 heterocycles. The molecule has 0 fully saturated rings. The average Bonchev–Trinajstić information content (AvgIpc) is 2.68. The molecule has 0 aliphatic carbocycles. The zero-order chi connectivity index (χ0) is 19.0. The van der Waals surface area contributed by atoms with Crippen molar-refractivity contribution in [2.24, 2.45) is 4.99 Å². The van der Waals surface area contributed by atoms with E-state index in [-0.39, 0.29) is 36.0 Å². The van der Waals surface area contributed by atoms with Gasteiger partial charge in [0.15, 0.2) is 5.96 Å². The van der Waals surface area contributed by atoms with Crippen LogP contribution in [0.2, 0.25) is 0 Å². The van der Waals surface area contributed by atoms with Gasteiger partial charge >= 0.3 is 5.97 Å². The highest BCUT2D eigenvalue weighted by molar-refractivity contribution is 14.0. The van der Waals surface area contributed by atoms with Crippen molar-refractivity contribution in [2.45, 2.75) is 45.1 Å². The molecule has 0 bridgehead atoms. The van der Waals surface area contributed by atoms with Crippen LogP contribution in [0.15, 0.2) is 35.3 Å². The number of unbranched alkanes of at least 4 members (excludes halogenated alkanes) is 2. The molecule has 0 aliphatic heterocycles. The number of hydrogen-bond donors (Lipinski definition) is 2. The predicted octanol–water partition coefficient (Wildman–Crippen LogP) is 3.67. The van der Waals surface area contributed by atoms with Crippen LogP contribution >= 0.6 is 24.0 Å². The molecule has 1 aromatic carbocycles. The van der Waals surface area contributed by atoms with Gasteiger partial charge < -0.3 is 20.1 Å². The van der Waals surface area contributed by atoms with Crippen LogP contribution in [0.3, 0.4) is 0 Å². The molecule has 0 radical (unpaired) electrons. The lowest BCUT2D eigenvalue weighted by molar-refractivity contribution is -0.140. The third-order valence-electron chi connectivity index (χ3n) is 4.05. The Labute approximate surface area is 180 Å². The summed E-state index contributed by atoms with van der Waals surface area (Å²) in [6.45, 7) is 4.42. The maximum absolute atomic E-state index is 11.0. The summed E-state index contributed by atoms with van der Waals surface area (Å²) >= 11 is 0. The van der Waals surface area contributed by atoms with Crippen molar-refractivity contribution in [3.8, 4) is 0 Å². The summed E-state index contributed by atoms with van der Waals surface area (Å²) in [6.07, 6.45) is 4.36. The molecule has 1 unspecified atom stereocenters. The Bertz CT molecular complexity index is 526. The minimum atomic E-state index is -0.140. The Balaban J connectivity index is 0.00000676. The number of nitrogens with zero attached hydrogens (tertiary/aromatic N) is 1. The largest absolute Gasteiger partial charge is 0.469 e. The molecule has 154 valence electrons. The van der Waals surface area contributed by atoms with E-state index in [1.165, 1.54) is 12.7 Å². The van der Waals surface area contributed by atoms with Crippen LogP contribution in [0.1, 0.15) is 50.7 Å². The van der Waals surface area contributed by atoms with Gasteiger partial charge in [0.2, 0.25) is 0 Å². The average molecular weight is 491 g/mol. The Kier molecular flexibility index (Phi) is 16.0. The van der Waals surface area contributed by atoms with Crippen molar-refractivity contribution in [1.82, 2.24) is 10.6 Å². The molecule has 0 aromatic heterocycles. The fraction of sp³-hybridized carbons (Fsp3) is 0.600. The smallest absolute Gasteiger partial charge is 0.305 e. The predicted molar refractivity (Wildman–Crippen MR) is 121 cm³/mol. The number of rotatable bonds is 12. The van der Waals surface area contributed by atoms with Gasteiger partial charge in [-0.05, 0) is 31.7 Å². The monoisotopic (exact) mass is 491 g/mol. The van der Waals surface area contributed by atoms with Crippen molar-refractivity contribution >= 4 is 35.9 Å². The van der Waals surface area contributed by atoms with E-state index in [1.54, 1.807) is 7.05 Å². The number of halogens is 1. The number of methoxy groups -OCH3 is 1. The number of hydrogen-bond acceptors (Lipinski definition) is 4. The van der Waals surface area contributed by atoms with E-state index in [4.69, 9.17) is 4.74 Å². The lowest BCUT2D eigenvalue weighted by Gasteiger charge is -2.14. The van der Waals surface area contributed by atoms with Crippen LogP contribution in [0.25, 0.3) is 0 Å². The van der Waals surface area contributed by atoms with Crippen molar-refractivity contribution in [2.75, 3.05) is 33.9 Å². The second-order valence-corrected chi connectivity index (χ2v) is 6.09. The van der Waals surface area contributed by atoms with E-state index in [0.29, 0.717) is 13.0 Å². The zero-order valence-corrected chi connectivity index (χ0v) is 19.0. The second-order valence-electron chi connectivity index (χ2n) is 6.09. The van der Waals surface area contributed by atoms with Crippen molar-refractivity contribution < 1.29 is 14.3 Å². The summed E-state index contributed by atoms with van der Waals surface area (Å²) in [5.41, 5.74) is 1.20. The quantitative estimate of drug-likeness (QED) is 0.154. The lowest BCUT2D eigenvalue weighted by Crippen LogP contribution is -2.38. The van der Waals surface area contributed by atoms with E-state index in [0.717, 1.165) is 44.7 Å². The highest BCUT2D eigenvalue weighted by Gasteiger charge is 2.04. The van der Waals surface area contributed by atoms with Gasteiger partial charge in [-0.3, -0.25) is 9.79 Å². The van der Waals surface area contributed by atoms with E-state index < -0.39 is 0 Å². The number of ether oxygens (including phenoxy) is 2. The van der Waals surface area contributed by atoms with E-state index >= 15 is 0 Å². The molecular weight excluding hydrogens is 457 g/mol. The van der Waals surface area contributed by atoms with Gasteiger partial charge in [0.1, 0.15) is 0 Å². The fourth-order valence-corrected chi connectivity index (χ4v) is 2.46. The van der Waals surface area contributed by atoms with E-state index in [9.17, 15) is 4.79 Å². The Morgan fingerprint density at radius 3 is 2.37 bits per heavy atom. The molecule has 2 N–H and O–H groups in total. The number of nitrogens with one attached hydrogen (secondary N) is 2. The molecule has 1 rings (SSSR count). The van der Waals surface area contributed by atoms with Gasteiger partial charge in [-0.1, -0.05) is 36.8 Å². The molecule has 0 spiro atoms. The van der Waals surface area contributed by atoms with E-state index in [1.807, 2.05) is 18.2 Å². The summed E-state index contributed by atoms with van der Waals surface area (Å²) < 4.78 is 10.5. The molecular formula is C20H34IN3O3. The van der Waals surface area contributed by atoms with Crippen molar-refractivity contribution in [1.29, 1.82) is 0 Å². The van der Waals surface area contributed by atoms with Crippen LogP contribution in [0.5, 0.6) is 0 Å². The first kappa shape index (κ1) is 25.6. The molecule has 0 aliphatic rings. The fourth-order valence-electron chi connectivity index (χ4n) is 2.46. The molecule has 27 heavy (non-hydrogen) atoms. The summed E-state index contributed by atoms with van der Waals surface area (Å²) in [7, 11) is 3.19. The summed E-state index contributed by atoms with van der Waals surface area (Å²) in [4.78, 5) is 15.2.